The van der Waals surface area contributed by atoms with Gasteiger partial charge in [0.15, 0.2) is 0 Å². The third-order valence-corrected chi connectivity index (χ3v) is 4.45. The minimum absolute atomic E-state index is 0.121. The molecule has 3 N–H and O–H groups in total. The zero-order chi connectivity index (χ0) is 17.4. The number of carbonyl (C=O) groups is 2. The maximum Gasteiger partial charge on any atom is 0.337 e. The number of carbonyl (C=O) groups excluding carboxylic acids is 1. The van der Waals surface area contributed by atoms with Crippen LogP contribution in [0.3, 0.4) is 0 Å². The maximum absolute atomic E-state index is 12.4. The Morgan fingerprint density at radius 1 is 1.24 bits per heavy atom. The number of nitrogens with one attached hydrogen (secondary N) is 2. The van der Waals surface area contributed by atoms with Crippen molar-refractivity contribution in [3.05, 3.63) is 59.2 Å². The van der Waals surface area contributed by atoms with Gasteiger partial charge < -0.3 is 10.4 Å². The lowest BCUT2D eigenvalue weighted by atomic mass is 10.0. The summed E-state index contributed by atoms with van der Waals surface area (Å²) in [5, 5.41) is 20.3. The van der Waals surface area contributed by atoms with E-state index < -0.39 is 5.97 Å². The molecule has 0 spiro atoms. The third kappa shape index (κ3) is 2.96. The molecule has 0 aliphatic heterocycles. The van der Waals surface area contributed by atoms with E-state index in [1.807, 2.05) is 6.20 Å². The first kappa shape index (κ1) is 15.3. The highest BCUT2D eigenvalue weighted by Crippen LogP contribution is 2.41. The van der Waals surface area contributed by atoms with E-state index in [-0.39, 0.29) is 11.5 Å². The van der Waals surface area contributed by atoms with E-state index in [9.17, 15) is 14.7 Å². The summed E-state index contributed by atoms with van der Waals surface area (Å²) in [4.78, 5) is 27.6. The van der Waals surface area contributed by atoms with E-state index in [1.54, 1.807) is 24.4 Å². The maximum atomic E-state index is 12.4. The van der Waals surface area contributed by atoms with Crippen LogP contribution in [0.4, 0.5) is 0 Å². The minimum atomic E-state index is -1.04. The lowest BCUT2D eigenvalue weighted by molar-refractivity contribution is 0.0698. The zero-order valence-electron chi connectivity index (χ0n) is 13.3. The Morgan fingerprint density at radius 2 is 2.08 bits per heavy atom. The average molecular weight is 336 g/mol. The number of benzene rings is 1. The smallest absolute Gasteiger partial charge is 0.337 e. The van der Waals surface area contributed by atoms with Gasteiger partial charge >= 0.3 is 5.97 Å². The number of carboxylic acid groups (broad SMARTS) is 1. The Morgan fingerprint density at radius 3 is 2.84 bits per heavy atom. The largest absolute Gasteiger partial charge is 0.478 e. The van der Waals surface area contributed by atoms with Crippen molar-refractivity contribution in [1.29, 1.82) is 0 Å². The number of carboxylic acids is 1. The number of amides is 1. The van der Waals surface area contributed by atoms with Gasteiger partial charge in [-0.25, -0.2) is 4.79 Å². The number of aromatic carboxylic acids is 1. The lowest BCUT2D eigenvalue weighted by Crippen LogP contribution is -2.23. The Balaban J connectivity index is 1.53. The van der Waals surface area contributed by atoms with E-state index in [4.69, 9.17) is 0 Å². The number of rotatable bonds is 5. The van der Waals surface area contributed by atoms with Crippen LogP contribution in [0.25, 0.3) is 10.8 Å². The van der Waals surface area contributed by atoms with Crippen LogP contribution in [-0.4, -0.2) is 32.2 Å². The SMILES string of the molecule is O=C(NCc1[nH]ncc1C1CC1)c1ccc2c(C(=O)O)cncc2c1. The van der Waals surface area contributed by atoms with Crippen molar-refractivity contribution in [3.8, 4) is 0 Å². The van der Waals surface area contributed by atoms with E-state index in [1.165, 1.54) is 24.6 Å². The Labute approximate surface area is 143 Å². The molecule has 2 aromatic heterocycles. The minimum Gasteiger partial charge on any atom is -0.478 e. The summed E-state index contributed by atoms with van der Waals surface area (Å²) in [6.45, 7) is 0.385. The van der Waals surface area contributed by atoms with Gasteiger partial charge in [-0.2, -0.15) is 5.10 Å². The zero-order valence-corrected chi connectivity index (χ0v) is 13.3. The van der Waals surface area contributed by atoms with Crippen molar-refractivity contribution >= 4 is 22.6 Å². The fraction of sp³-hybridized carbons (Fsp3) is 0.222. The molecule has 1 amide bonds. The Hall–Kier alpha value is -3.22. The standard InChI is InChI=1S/C18H16N4O3/c23-17(20-9-16-14(8-21-22-16)10-1-2-10)11-3-4-13-12(5-11)6-19-7-15(13)18(24)25/h3-8,10H,1-2,9H2,(H,20,23)(H,21,22)(H,24,25). The molecule has 3 aromatic rings. The van der Waals surface area contributed by atoms with Crippen LogP contribution in [-0.2, 0) is 6.54 Å². The molecule has 0 atom stereocenters. The second-order valence-corrected chi connectivity index (χ2v) is 6.19. The molecule has 1 aromatic carbocycles. The lowest BCUT2D eigenvalue weighted by Gasteiger charge is -2.07. The summed E-state index contributed by atoms with van der Waals surface area (Å²) >= 11 is 0. The van der Waals surface area contributed by atoms with E-state index in [0.29, 0.717) is 28.8 Å². The van der Waals surface area contributed by atoms with Crippen LogP contribution in [0.1, 0.15) is 50.7 Å². The Kier molecular flexibility index (Phi) is 3.68. The van der Waals surface area contributed by atoms with Gasteiger partial charge in [-0.05, 0) is 41.8 Å². The van der Waals surface area contributed by atoms with Crippen LogP contribution < -0.4 is 5.32 Å². The second-order valence-electron chi connectivity index (χ2n) is 6.19. The predicted octanol–water partition coefficient (Wildman–Crippen LogP) is 2.46. The molecule has 0 radical (unpaired) electrons. The average Bonchev–Trinajstić information content (AvgIpc) is 3.36. The van der Waals surface area contributed by atoms with E-state index >= 15 is 0 Å². The molecule has 7 nitrogen and oxygen atoms in total. The van der Waals surface area contributed by atoms with Gasteiger partial charge in [-0.15, -0.1) is 0 Å². The van der Waals surface area contributed by atoms with Crippen molar-refractivity contribution in [2.45, 2.75) is 25.3 Å². The molecular formula is C18H16N4O3. The van der Waals surface area contributed by atoms with Crippen LogP contribution in [0.15, 0.2) is 36.8 Å². The first-order valence-corrected chi connectivity index (χ1v) is 8.05. The van der Waals surface area contributed by atoms with Gasteiger partial charge in [0.25, 0.3) is 5.91 Å². The quantitative estimate of drug-likeness (QED) is 0.663. The van der Waals surface area contributed by atoms with Crippen molar-refractivity contribution < 1.29 is 14.7 Å². The summed E-state index contributed by atoms with van der Waals surface area (Å²) < 4.78 is 0. The molecule has 25 heavy (non-hydrogen) atoms. The van der Waals surface area contributed by atoms with Crippen molar-refractivity contribution in [2.75, 3.05) is 0 Å². The molecular weight excluding hydrogens is 320 g/mol. The number of aromatic amines is 1. The molecule has 7 heteroatoms. The van der Waals surface area contributed by atoms with Gasteiger partial charge in [0, 0.05) is 23.3 Å². The normalized spacial score (nSPS) is 13.8. The molecule has 1 fully saturated rings. The number of hydrogen-bond donors (Lipinski definition) is 3. The van der Waals surface area contributed by atoms with Crippen LogP contribution in [0.5, 0.6) is 0 Å². The van der Waals surface area contributed by atoms with Gasteiger partial charge in [0.1, 0.15) is 0 Å². The number of pyridine rings is 1. The van der Waals surface area contributed by atoms with Gasteiger partial charge in [0.2, 0.25) is 0 Å². The van der Waals surface area contributed by atoms with Crippen molar-refractivity contribution in [3.63, 3.8) is 0 Å². The highest BCUT2D eigenvalue weighted by atomic mass is 16.4. The van der Waals surface area contributed by atoms with Crippen LogP contribution in [0, 0.1) is 0 Å². The number of fused-ring (bicyclic) bond motifs is 1. The molecule has 0 unspecified atom stereocenters. The van der Waals surface area contributed by atoms with Crippen molar-refractivity contribution in [1.82, 2.24) is 20.5 Å². The second kappa shape index (κ2) is 6.01. The third-order valence-electron chi connectivity index (χ3n) is 4.45. The fourth-order valence-electron chi connectivity index (χ4n) is 2.97. The highest BCUT2D eigenvalue weighted by molar-refractivity contribution is 6.05. The molecule has 126 valence electrons. The summed E-state index contributed by atoms with van der Waals surface area (Å²) in [5.41, 5.74) is 2.70. The molecule has 0 saturated heterocycles. The molecule has 2 heterocycles. The van der Waals surface area contributed by atoms with E-state index in [0.717, 1.165) is 5.69 Å². The summed E-state index contributed by atoms with van der Waals surface area (Å²) in [6.07, 6.45) is 7.03. The van der Waals surface area contributed by atoms with Gasteiger partial charge in [0.05, 0.1) is 24.0 Å². The number of H-pyrrole nitrogens is 1. The Bertz CT molecular complexity index is 975. The summed E-state index contributed by atoms with van der Waals surface area (Å²) in [5.74, 6) is -0.701. The molecule has 0 bridgehead atoms. The molecule has 1 aliphatic rings. The van der Waals surface area contributed by atoms with Crippen LogP contribution in [0.2, 0.25) is 0 Å². The summed E-state index contributed by atoms with van der Waals surface area (Å²) in [6, 6.07) is 4.92. The van der Waals surface area contributed by atoms with Crippen LogP contribution >= 0.6 is 0 Å². The summed E-state index contributed by atoms with van der Waals surface area (Å²) in [7, 11) is 0. The highest BCUT2D eigenvalue weighted by Gasteiger charge is 2.27. The molecule has 1 aliphatic carbocycles. The predicted molar refractivity (Wildman–Crippen MR) is 90.4 cm³/mol. The first-order valence-electron chi connectivity index (χ1n) is 8.05. The molecule has 1 saturated carbocycles. The fourth-order valence-corrected chi connectivity index (χ4v) is 2.97. The van der Waals surface area contributed by atoms with Gasteiger partial charge in [-0.3, -0.25) is 14.9 Å². The topological polar surface area (TPSA) is 108 Å². The molecule has 4 rings (SSSR count). The first-order chi connectivity index (χ1) is 12.1. The van der Waals surface area contributed by atoms with E-state index in [2.05, 4.69) is 20.5 Å². The monoisotopic (exact) mass is 336 g/mol. The number of hydrogen-bond acceptors (Lipinski definition) is 4. The number of nitrogens with zero attached hydrogens (tertiary/aromatic N) is 2. The van der Waals surface area contributed by atoms with Crippen molar-refractivity contribution in [2.24, 2.45) is 0 Å². The van der Waals surface area contributed by atoms with Gasteiger partial charge in [-0.1, -0.05) is 6.07 Å². The number of aromatic nitrogens is 3.